The first-order chi connectivity index (χ1) is 31.1. The molecule has 0 spiro atoms. The number of aromatic nitrogens is 3. The lowest BCUT2D eigenvalue weighted by Crippen LogP contribution is -2.36. The smallest absolute Gasteiger partial charge is 0.131 e. The van der Waals surface area contributed by atoms with E-state index in [2.05, 4.69) is 209 Å². The summed E-state index contributed by atoms with van der Waals surface area (Å²) in [4.78, 5) is 0. The van der Waals surface area contributed by atoms with Gasteiger partial charge in [-0.25, -0.2) is 0 Å². The van der Waals surface area contributed by atoms with Gasteiger partial charge in [0.1, 0.15) is 6.17 Å². The van der Waals surface area contributed by atoms with E-state index in [1.165, 1.54) is 116 Å². The van der Waals surface area contributed by atoms with Gasteiger partial charge in [-0.3, -0.25) is 0 Å². The van der Waals surface area contributed by atoms with Gasteiger partial charge in [0.2, 0.25) is 0 Å². The van der Waals surface area contributed by atoms with Gasteiger partial charge in [0.05, 0.1) is 22.1 Å². The Morgan fingerprint density at radius 2 is 1.38 bits per heavy atom. The second-order valence-electron chi connectivity index (χ2n) is 18.6. The van der Waals surface area contributed by atoms with Crippen LogP contribution in [0, 0.1) is 11.8 Å². The molecule has 4 unspecified atom stereocenters. The summed E-state index contributed by atoms with van der Waals surface area (Å²) in [7, 11) is 0. The van der Waals surface area contributed by atoms with Crippen LogP contribution in [-0.4, -0.2) is 13.7 Å². The van der Waals surface area contributed by atoms with Crippen LogP contribution in [-0.2, 0) is 6.42 Å². The van der Waals surface area contributed by atoms with Gasteiger partial charge < -0.3 is 19.0 Å². The Balaban J connectivity index is 0.964. The van der Waals surface area contributed by atoms with Gasteiger partial charge in [0, 0.05) is 77.5 Å². The fraction of sp³-hybridized carbons (Fsp3) is 0.153. The Bertz CT molecular complexity index is 3730. The van der Waals surface area contributed by atoms with Crippen molar-refractivity contribution in [3.8, 4) is 5.69 Å². The zero-order chi connectivity index (χ0) is 41.5. The van der Waals surface area contributed by atoms with Crippen LogP contribution in [0.3, 0.4) is 0 Å². The van der Waals surface area contributed by atoms with E-state index >= 15 is 0 Å². The van der Waals surface area contributed by atoms with Crippen LogP contribution in [0.5, 0.6) is 0 Å². The third-order valence-electron chi connectivity index (χ3n) is 14.8. The lowest BCUT2D eigenvalue weighted by Gasteiger charge is -2.30. The van der Waals surface area contributed by atoms with Crippen molar-refractivity contribution in [3.05, 3.63) is 202 Å². The molecule has 63 heavy (non-hydrogen) atoms. The summed E-state index contributed by atoms with van der Waals surface area (Å²) in [6, 6.07) is 50.2. The summed E-state index contributed by atoms with van der Waals surface area (Å²) in [5.74, 6) is 1.27. The van der Waals surface area contributed by atoms with E-state index < -0.39 is 0 Å². The van der Waals surface area contributed by atoms with Gasteiger partial charge in [0.15, 0.2) is 0 Å². The quantitative estimate of drug-likeness (QED) is 0.188. The summed E-state index contributed by atoms with van der Waals surface area (Å²) < 4.78 is 7.65. The molecular weight excluding hydrogens is 765 g/mol. The van der Waals surface area contributed by atoms with Crippen molar-refractivity contribution in [2.45, 2.75) is 45.2 Å². The molecule has 4 nitrogen and oxygen atoms in total. The number of rotatable bonds is 4. The van der Waals surface area contributed by atoms with Crippen molar-refractivity contribution in [1.82, 2.24) is 13.7 Å². The highest BCUT2D eigenvalue weighted by molar-refractivity contribution is 6.13. The molecule has 302 valence electrons. The zero-order valence-corrected chi connectivity index (χ0v) is 35.5. The normalized spacial score (nSPS) is 20.6. The Kier molecular flexibility index (Phi) is 7.35. The van der Waals surface area contributed by atoms with E-state index in [4.69, 9.17) is 0 Å². The molecule has 9 aromatic rings. The number of nitrogens with zero attached hydrogens (tertiary/aromatic N) is 3. The predicted molar refractivity (Wildman–Crippen MR) is 264 cm³/mol. The number of hydrogen-bond donors (Lipinski definition) is 1. The summed E-state index contributed by atoms with van der Waals surface area (Å²) in [6.07, 6.45) is 20.1. The fourth-order valence-corrected chi connectivity index (χ4v) is 12.0. The molecule has 5 aliphatic rings. The van der Waals surface area contributed by atoms with Crippen LogP contribution in [0.15, 0.2) is 158 Å². The first-order valence-corrected chi connectivity index (χ1v) is 22.9. The summed E-state index contributed by atoms with van der Waals surface area (Å²) >= 11 is 0. The molecule has 2 aliphatic heterocycles. The highest BCUT2D eigenvalue weighted by atomic mass is 15.2. The molecule has 4 heteroatoms. The van der Waals surface area contributed by atoms with E-state index in [9.17, 15) is 0 Å². The zero-order valence-electron chi connectivity index (χ0n) is 35.5. The first kappa shape index (κ1) is 35.3. The lowest BCUT2D eigenvalue weighted by molar-refractivity contribution is 0.703. The Hall–Kier alpha value is -7.30. The first-order valence-electron chi connectivity index (χ1n) is 22.9. The Morgan fingerprint density at radius 3 is 2.25 bits per heavy atom. The molecule has 0 saturated heterocycles. The van der Waals surface area contributed by atoms with Gasteiger partial charge >= 0.3 is 0 Å². The maximum atomic E-state index is 4.05. The summed E-state index contributed by atoms with van der Waals surface area (Å²) in [5.41, 5.74) is 19.4. The molecule has 6 aromatic carbocycles. The van der Waals surface area contributed by atoms with Crippen molar-refractivity contribution in [1.29, 1.82) is 0 Å². The van der Waals surface area contributed by atoms with Crippen molar-refractivity contribution in [2.75, 3.05) is 5.32 Å². The average molecular weight is 811 g/mol. The number of hydrogen-bond acceptors (Lipinski definition) is 1. The van der Waals surface area contributed by atoms with Gasteiger partial charge in [0.25, 0.3) is 0 Å². The minimum atomic E-state index is -0.00794. The minimum absolute atomic E-state index is 0.00794. The fourth-order valence-electron chi connectivity index (χ4n) is 12.0. The predicted octanol–water partition coefficient (Wildman–Crippen LogP) is 13.0. The highest BCUT2D eigenvalue weighted by Gasteiger charge is 2.39. The number of anilines is 1. The number of allylic oxidation sites excluding steroid dienone is 5. The summed E-state index contributed by atoms with van der Waals surface area (Å²) in [6.45, 7) is 4.67. The molecule has 0 radical (unpaired) electrons. The maximum Gasteiger partial charge on any atom is 0.131 e. The molecule has 4 atom stereocenters. The highest BCUT2D eigenvalue weighted by Crippen LogP contribution is 2.52. The van der Waals surface area contributed by atoms with Crippen LogP contribution < -0.4 is 15.9 Å². The topological polar surface area (TPSA) is 26.8 Å². The van der Waals surface area contributed by atoms with E-state index in [1.54, 1.807) is 0 Å². The number of fused-ring (bicyclic) bond motifs is 13. The molecule has 0 amide bonds. The van der Waals surface area contributed by atoms with Crippen LogP contribution in [0.2, 0.25) is 0 Å². The molecule has 1 N–H and O–H groups in total. The molecule has 0 saturated carbocycles. The second kappa shape index (κ2) is 13.1. The van der Waals surface area contributed by atoms with E-state index in [-0.39, 0.29) is 12.1 Å². The standard InChI is InChI=1S/C59H46N4/c1-35-13-12-16-40(29-35)61-51-21-10-7-17-42(51)46-31-38(24-27-53(46)61)39-25-28-54-47(32-39)43-18-8-11-22-52(43)62(54)41-33-48-45-30-36(2)23-26-55(45)63-58(48)49(34-41)57-56(37-14-4-3-5-15-37)44-19-6-9-20-50(44)60-59(57)63/h3-12,14-22,24-31,33-36,39,59-60H,13,23,32H2,1-2H3. The van der Waals surface area contributed by atoms with E-state index in [0.29, 0.717) is 11.8 Å². The molecule has 14 rings (SSSR count). The Labute approximate surface area is 366 Å². The van der Waals surface area contributed by atoms with Gasteiger partial charge in [-0.15, -0.1) is 0 Å². The van der Waals surface area contributed by atoms with Crippen molar-refractivity contribution >= 4 is 84.4 Å². The lowest BCUT2D eigenvalue weighted by atomic mass is 9.85. The third-order valence-corrected chi connectivity index (χ3v) is 14.8. The van der Waals surface area contributed by atoms with Crippen LogP contribution in [0.4, 0.5) is 5.69 Å². The molecule has 5 heterocycles. The van der Waals surface area contributed by atoms with Crippen LogP contribution >= 0.6 is 0 Å². The molecule has 3 aliphatic carbocycles. The van der Waals surface area contributed by atoms with Gasteiger partial charge in [-0.2, -0.15) is 0 Å². The van der Waals surface area contributed by atoms with Crippen LogP contribution in [0.25, 0.3) is 84.4 Å². The van der Waals surface area contributed by atoms with Gasteiger partial charge in [-0.05, 0) is 108 Å². The van der Waals surface area contributed by atoms with Gasteiger partial charge in [-0.1, -0.05) is 135 Å². The average Bonchev–Trinajstić information content (AvgIpc) is 4.04. The largest absolute Gasteiger partial charge is 0.361 e. The SMILES string of the molecule is CC1C=C(n2c3ccccc3c3cc(C4C=Cc5c(c6ccccc6n5-c5cc6c7c(c5)c5c(n7C7Nc8ccccc8C(c8ccccc8)=C67)=CCC(C)C=5)C4)ccc32)C=CC1. The van der Waals surface area contributed by atoms with Crippen LogP contribution in [0.1, 0.15) is 72.3 Å². The Morgan fingerprint density at radius 1 is 0.619 bits per heavy atom. The third kappa shape index (κ3) is 4.98. The number of benzene rings is 6. The number of nitrogens with one attached hydrogen (secondary N) is 1. The van der Waals surface area contributed by atoms with E-state index in [0.717, 1.165) is 19.3 Å². The second-order valence-corrected chi connectivity index (χ2v) is 18.6. The summed E-state index contributed by atoms with van der Waals surface area (Å²) in [5, 5.41) is 12.1. The maximum absolute atomic E-state index is 4.05. The minimum Gasteiger partial charge on any atom is -0.361 e. The number of para-hydroxylation sites is 3. The van der Waals surface area contributed by atoms with E-state index in [1.807, 2.05) is 0 Å². The van der Waals surface area contributed by atoms with Crippen molar-refractivity contribution < 1.29 is 0 Å². The van der Waals surface area contributed by atoms with Crippen molar-refractivity contribution in [2.24, 2.45) is 11.8 Å². The molecular formula is C59H46N4. The van der Waals surface area contributed by atoms with Crippen molar-refractivity contribution in [3.63, 3.8) is 0 Å². The molecule has 0 fully saturated rings. The monoisotopic (exact) mass is 810 g/mol. The molecule has 0 bridgehead atoms. The molecule has 3 aromatic heterocycles.